The van der Waals surface area contributed by atoms with E-state index in [0.29, 0.717) is 17.5 Å². The highest BCUT2D eigenvalue weighted by Gasteiger charge is 2.17. The first-order valence-electron chi connectivity index (χ1n) is 15.7. The summed E-state index contributed by atoms with van der Waals surface area (Å²) >= 11 is 0. The maximum atomic E-state index is 6.38. The van der Waals surface area contributed by atoms with Gasteiger partial charge >= 0.3 is 0 Å². The van der Waals surface area contributed by atoms with Crippen LogP contribution < -0.4 is 0 Å². The standard InChI is InChI=1S/C43H27N3O/c1-3-12-31(13-4-1)41-44-42(32-14-5-2-6-15-32)46-43(45-41)33-25-26-38-37(27-33)40-36(19-10-20-39(40)47-38)30-23-21-29(22-24-30)35-18-9-16-28-11-7-8-17-34(28)35/h1-27H. The van der Waals surface area contributed by atoms with Crippen molar-refractivity contribution in [3.05, 3.63) is 164 Å². The lowest BCUT2D eigenvalue weighted by Crippen LogP contribution is -2.00. The Morgan fingerprint density at radius 1 is 0.340 bits per heavy atom. The zero-order valence-corrected chi connectivity index (χ0v) is 25.3. The van der Waals surface area contributed by atoms with Gasteiger partial charge in [0.15, 0.2) is 17.5 Å². The number of nitrogens with zero attached hydrogens (tertiary/aromatic N) is 3. The van der Waals surface area contributed by atoms with Gasteiger partial charge in [0, 0.05) is 27.5 Å². The number of benzene rings is 7. The maximum Gasteiger partial charge on any atom is 0.164 e. The van der Waals surface area contributed by atoms with Crippen molar-refractivity contribution in [2.75, 3.05) is 0 Å². The molecule has 0 amide bonds. The molecule has 0 aliphatic carbocycles. The van der Waals surface area contributed by atoms with Crippen molar-refractivity contribution >= 4 is 32.7 Å². The fourth-order valence-electron chi connectivity index (χ4n) is 6.45. The molecule has 0 unspecified atom stereocenters. The van der Waals surface area contributed by atoms with Gasteiger partial charge in [-0.1, -0.05) is 140 Å². The van der Waals surface area contributed by atoms with Crippen LogP contribution in [0.1, 0.15) is 0 Å². The molecule has 0 bridgehead atoms. The molecule has 9 rings (SSSR count). The normalized spacial score (nSPS) is 11.4. The summed E-state index contributed by atoms with van der Waals surface area (Å²) in [5.74, 6) is 1.89. The predicted molar refractivity (Wildman–Crippen MR) is 192 cm³/mol. The molecule has 0 fully saturated rings. The van der Waals surface area contributed by atoms with Gasteiger partial charge in [-0.2, -0.15) is 0 Å². The van der Waals surface area contributed by atoms with Gasteiger partial charge in [-0.3, -0.25) is 0 Å². The summed E-state index contributed by atoms with van der Waals surface area (Å²) in [6.07, 6.45) is 0. The molecule has 4 heteroatoms. The van der Waals surface area contributed by atoms with Gasteiger partial charge in [0.1, 0.15) is 11.2 Å². The van der Waals surface area contributed by atoms with E-state index in [-0.39, 0.29) is 0 Å². The maximum absolute atomic E-state index is 6.38. The quantitative estimate of drug-likeness (QED) is 0.197. The van der Waals surface area contributed by atoms with E-state index in [4.69, 9.17) is 19.4 Å². The second-order valence-electron chi connectivity index (χ2n) is 11.6. The van der Waals surface area contributed by atoms with Crippen LogP contribution in [0.25, 0.3) is 89.1 Å². The molecule has 2 heterocycles. The SMILES string of the molecule is c1ccc(-c2nc(-c3ccccc3)nc(-c3ccc4oc5cccc(-c6ccc(-c7cccc8ccccc78)cc6)c5c4c3)n2)cc1. The fraction of sp³-hybridized carbons (Fsp3) is 0. The average Bonchev–Trinajstić information content (AvgIpc) is 3.53. The van der Waals surface area contributed by atoms with Gasteiger partial charge in [0.25, 0.3) is 0 Å². The van der Waals surface area contributed by atoms with Crippen LogP contribution in [0.5, 0.6) is 0 Å². The van der Waals surface area contributed by atoms with Gasteiger partial charge in [0.05, 0.1) is 0 Å². The van der Waals surface area contributed by atoms with Crippen molar-refractivity contribution in [2.45, 2.75) is 0 Å². The third-order valence-corrected chi connectivity index (χ3v) is 8.75. The molecule has 9 aromatic rings. The Kier molecular flexibility index (Phi) is 6.43. The van der Waals surface area contributed by atoms with E-state index in [9.17, 15) is 0 Å². The molecule has 0 atom stereocenters. The van der Waals surface area contributed by atoms with Crippen molar-refractivity contribution in [2.24, 2.45) is 0 Å². The summed E-state index contributed by atoms with van der Waals surface area (Å²) in [7, 11) is 0. The van der Waals surface area contributed by atoms with Gasteiger partial charge in [-0.25, -0.2) is 15.0 Å². The van der Waals surface area contributed by atoms with E-state index >= 15 is 0 Å². The fourth-order valence-corrected chi connectivity index (χ4v) is 6.45. The number of fused-ring (bicyclic) bond motifs is 4. The zero-order chi connectivity index (χ0) is 31.2. The van der Waals surface area contributed by atoms with Gasteiger partial charge in [0.2, 0.25) is 0 Å². The molecule has 0 spiro atoms. The molecule has 220 valence electrons. The predicted octanol–water partition coefficient (Wildman–Crippen LogP) is 11.3. The molecule has 0 saturated heterocycles. The summed E-state index contributed by atoms with van der Waals surface area (Å²) in [5.41, 5.74) is 9.12. The molecule has 0 saturated carbocycles. The summed E-state index contributed by atoms with van der Waals surface area (Å²) in [6, 6.07) is 56.4. The number of rotatable bonds is 5. The average molecular weight is 602 g/mol. The van der Waals surface area contributed by atoms with Gasteiger partial charge < -0.3 is 4.42 Å². The number of hydrogen-bond acceptors (Lipinski definition) is 4. The minimum atomic E-state index is 0.617. The highest BCUT2D eigenvalue weighted by atomic mass is 16.3. The molecule has 0 aliphatic heterocycles. The smallest absolute Gasteiger partial charge is 0.164 e. The monoisotopic (exact) mass is 601 g/mol. The second-order valence-corrected chi connectivity index (χ2v) is 11.6. The Bertz CT molecular complexity index is 2490. The van der Waals surface area contributed by atoms with Crippen LogP contribution in [-0.2, 0) is 0 Å². The second kappa shape index (κ2) is 11.2. The zero-order valence-electron chi connectivity index (χ0n) is 25.3. The third kappa shape index (κ3) is 4.84. The lowest BCUT2D eigenvalue weighted by atomic mass is 9.94. The minimum Gasteiger partial charge on any atom is -0.456 e. The number of aromatic nitrogens is 3. The first-order valence-corrected chi connectivity index (χ1v) is 15.7. The Morgan fingerprint density at radius 3 is 1.57 bits per heavy atom. The highest BCUT2D eigenvalue weighted by Crippen LogP contribution is 2.39. The van der Waals surface area contributed by atoms with E-state index in [2.05, 4.69) is 84.9 Å². The minimum absolute atomic E-state index is 0.617. The van der Waals surface area contributed by atoms with Crippen molar-refractivity contribution in [3.63, 3.8) is 0 Å². The molecular weight excluding hydrogens is 574 g/mol. The van der Waals surface area contributed by atoms with Crippen molar-refractivity contribution in [3.8, 4) is 56.4 Å². The first kappa shape index (κ1) is 27.0. The summed E-state index contributed by atoms with van der Waals surface area (Å²) in [6.45, 7) is 0. The Hall–Kier alpha value is -6.39. The molecule has 2 aromatic heterocycles. The summed E-state index contributed by atoms with van der Waals surface area (Å²) in [5, 5.41) is 4.59. The van der Waals surface area contributed by atoms with E-state index in [0.717, 1.165) is 49.8 Å². The van der Waals surface area contributed by atoms with Crippen molar-refractivity contribution in [1.29, 1.82) is 0 Å². The van der Waals surface area contributed by atoms with Gasteiger partial charge in [-0.05, 0) is 57.3 Å². The Balaban J connectivity index is 1.17. The van der Waals surface area contributed by atoms with Crippen LogP contribution in [0.15, 0.2) is 168 Å². The number of furan rings is 1. The molecule has 7 aromatic carbocycles. The van der Waals surface area contributed by atoms with Crippen LogP contribution in [-0.4, -0.2) is 15.0 Å². The molecule has 0 aliphatic rings. The van der Waals surface area contributed by atoms with E-state index in [1.54, 1.807) is 0 Å². The molecular formula is C43H27N3O. The molecule has 4 nitrogen and oxygen atoms in total. The van der Waals surface area contributed by atoms with Crippen molar-refractivity contribution in [1.82, 2.24) is 15.0 Å². The molecule has 0 radical (unpaired) electrons. The first-order chi connectivity index (χ1) is 23.3. The molecule has 0 N–H and O–H groups in total. The highest BCUT2D eigenvalue weighted by molar-refractivity contribution is 6.13. The lowest BCUT2D eigenvalue weighted by molar-refractivity contribution is 0.669. The number of hydrogen-bond donors (Lipinski definition) is 0. The van der Waals surface area contributed by atoms with Crippen LogP contribution in [0.3, 0.4) is 0 Å². The van der Waals surface area contributed by atoms with E-state index in [1.807, 2.05) is 78.9 Å². The van der Waals surface area contributed by atoms with Crippen LogP contribution in [0.2, 0.25) is 0 Å². The Labute approximate surface area is 271 Å². The molecule has 47 heavy (non-hydrogen) atoms. The third-order valence-electron chi connectivity index (χ3n) is 8.75. The topological polar surface area (TPSA) is 51.8 Å². The van der Waals surface area contributed by atoms with Gasteiger partial charge in [-0.15, -0.1) is 0 Å². The van der Waals surface area contributed by atoms with Crippen LogP contribution in [0.4, 0.5) is 0 Å². The summed E-state index contributed by atoms with van der Waals surface area (Å²) in [4.78, 5) is 14.8. The Morgan fingerprint density at radius 2 is 0.872 bits per heavy atom. The van der Waals surface area contributed by atoms with E-state index in [1.165, 1.54) is 21.9 Å². The van der Waals surface area contributed by atoms with E-state index < -0.39 is 0 Å². The van der Waals surface area contributed by atoms with Crippen LogP contribution in [0, 0.1) is 0 Å². The van der Waals surface area contributed by atoms with Crippen LogP contribution >= 0.6 is 0 Å². The lowest BCUT2D eigenvalue weighted by Gasteiger charge is -2.10. The summed E-state index contributed by atoms with van der Waals surface area (Å²) < 4.78 is 6.38. The van der Waals surface area contributed by atoms with Crippen molar-refractivity contribution < 1.29 is 4.42 Å². The largest absolute Gasteiger partial charge is 0.456 e.